The van der Waals surface area contributed by atoms with E-state index >= 15 is 0 Å². The summed E-state index contributed by atoms with van der Waals surface area (Å²) in [7, 11) is 1.40. The standard InChI is InChI=1S/C20H20N2O4S2/c1-21-20(25)22-17(23)16(13-5-3-2-4-6-13)26-18(24)14-7-9-15(10-8-14)19-27-11-12-28-19/h2-10,16,19H,11-12H2,1H3,(H2,21,22,23,25)/t16-/m0/s1. The predicted octanol–water partition coefficient (Wildman–Crippen LogP) is 3.52. The van der Waals surface area contributed by atoms with E-state index in [9.17, 15) is 14.4 Å². The van der Waals surface area contributed by atoms with E-state index in [-0.39, 0.29) is 0 Å². The van der Waals surface area contributed by atoms with Crippen molar-refractivity contribution in [2.45, 2.75) is 10.7 Å². The maximum atomic E-state index is 12.6. The number of carbonyl (C=O) groups excluding carboxylic acids is 3. The predicted molar refractivity (Wildman–Crippen MR) is 111 cm³/mol. The smallest absolute Gasteiger partial charge is 0.339 e. The summed E-state index contributed by atoms with van der Waals surface area (Å²) in [5, 5.41) is 4.46. The minimum Gasteiger partial charge on any atom is -0.444 e. The number of imide groups is 1. The van der Waals surface area contributed by atoms with Crippen LogP contribution in [0, 0.1) is 0 Å². The largest absolute Gasteiger partial charge is 0.444 e. The monoisotopic (exact) mass is 416 g/mol. The highest BCUT2D eigenvalue weighted by molar-refractivity contribution is 8.19. The van der Waals surface area contributed by atoms with Gasteiger partial charge in [-0.05, 0) is 17.7 Å². The van der Waals surface area contributed by atoms with Crippen LogP contribution in [0.5, 0.6) is 0 Å². The van der Waals surface area contributed by atoms with E-state index in [1.165, 1.54) is 7.05 Å². The Balaban J connectivity index is 1.75. The van der Waals surface area contributed by atoms with Gasteiger partial charge in [0.05, 0.1) is 10.1 Å². The van der Waals surface area contributed by atoms with Crippen LogP contribution in [0.15, 0.2) is 54.6 Å². The zero-order valence-electron chi connectivity index (χ0n) is 15.2. The van der Waals surface area contributed by atoms with Crippen molar-refractivity contribution in [3.8, 4) is 0 Å². The molecule has 2 aromatic rings. The zero-order chi connectivity index (χ0) is 19.9. The summed E-state index contributed by atoms with van der Waals surface area (Å²) >= 11 is 3.77. The van der Waals surface area contributed by atoms with Crippen molar-refractivity contribution in [1.82, 2.24) is 10.6 Å². The van der Waals surface area contributed by atoms with E-state index in [0.29, 0.717) is 15.7 Å². The lowest BCUT2D eigenvalue weighted by atomic mass is 10.1. The third-order valence-electron chi connectivity index (χ3n) is 4.07. The summed E-state index contributed by atoms with van der Waals surface area (Å²) in [6, 6.07) is 15.1. The molecule has 0 radical (unpaired) electrons. The van der Waals surface area contributed by atoms with E-state index in [0.717, 1.165) is 17.1 Å². The number of benzene rings is 2. The molecule has 1 saturated heterocycles. The Hall–Kier alpha value is -2.45. The third kappa shape index (κ3) is 5.08. The highest BCUT2D eigenvalue weighted by atomic mass is 32.2. The number of hydrogen-bond donors (Lipinski definition) is 2. The number of nitrogens with one attached hydrogen (secondary N) is 2. The third-order valence-corrected chi connectivity index (χ3v) is 7.17. The Morgan fingerprint density at radius 1 is 1.00 bits per heavy atom. The quantitative estimate of drug-likeness (QED) is 0.726. The van der Waals surface area contributed by atoms with Crippen molar-refractivity contribution < 1.29 is 19.1 Å². The molecule has 2 N–H and O–H groups in total. The summed E-state index contributed by atoms with van der Waals surface area (Å²) in [5.41, 5.74) is 1.99. The highest BCUT2D eigenvalue weighted by Crippen LogP contribution is 2.45. The number of esters is 1. The average Bonchev–Trinajstić information content (AvgIpc) is 3.27. The average molecular weight is 417 g/mol. The van der Waals surface area contributed by atoms with Gasteiger partial charge in [-0.1, -0.05) is 42.5 Å². The summed E-state index contributed by atoms with van der Waals surface area (Å²) < 4.78 is 5.84. The number of hydrogen-bond acceptors (Lipinski definition) is 6. The first-order valence-electron chi connectivity index (χ1n) is 8.70. The molecular weight excluding hydrogens is 396 g/mol. The van der Waals surface area contributed by atoms with Gasteiger partial charge in [-0.25, -0.2) is 9.59 Å². The van der Waals surface area contributed by atoms with E-state index in [4.69, 9.17) is 4.74 Å². The number of urea groups is 1. The molecule has 2 aromatic carbocycles. The molecule has 0 unspecified atom stereocenters. The number of carbonyl (C=O) groups is 3. The summed E-state index contributed by atoms with van der Waals surface area (Å²) in [6.45, 7) is 0. The fraction of sp³-hybridized carbons (Fsp3) is 0.250. The maximum absolute atomic E-state index is 12.6. The van der Waals surface area contributed by atoms with Crippen LogP contribution in [0.2, 0.25) is 0 Å². The van der Waals surface area contributed by atoms with Crippen molar-refractivity contribution in [2.75, 3.05) is 18.6 Å². The van der Waals surface area contributed by atoms with Gasteiger partial charge in [0.15, 0.2) is 0 Å². The molecule has 1 aliphatic heterocycles. The number of rotatable bonds is 5. The molecule has 0 bridgehead atoms. The van der Waals surface area contributed by atoms with E-state index in [1.807, 2.05) is 35.7 Å². The lowest BCUT2D eigenvalue weighted by molar-refractivity contribution is -0.129. The van der Waals surface area contributed by atoms with Gasteiger partial charge >= 0.3 is 12.0 Å². The second-order valence-corrected chi connectivity index (χ2v) is 8.68. The van der Waals surface area contributed by atoms with Crippen LogP contribution in [0.25, 0.3) is 0 Å². The van der Waals surface area contributed by atoms with Gasteiger partial charge in [0.2, 0.25) is 6.10 Å². The molecule has 3 rings (SSSR count). The lowest BCUT2D eigenvalue weighted by Gasteiger charge is -2.18. The van der Waals surface area contributed by atoms with Crippen molar-refractivity contribution >= 4 is 41.4 Å². The molecule has 8 heteroatoms. The first-order chi connectivity index (χ1) is 13.6. The topological polar surface area (TPSA) is 84.5 Å². The van der Waals surface area contributed by atoms with Gasteiger partial charge < -0.3 is 10.1 Å². The highest BCUT2D eigenvalue weighted by Gasteiger charge is 2.27. The normalized spacial score (nSPS) is 14.9. The summed E-state index contributed by atoms with van der Waals surface area (Å²) in [6.07, 6.45) is -1.23. The molecule has 1 atom stereocenters. The molecule has 28 heavy (non-hydrogen) atoms. The second kappa shape index (κ2) is 9.66. The van der Waals surface area contributed by atoms with Gasteiger partial charge in [0, 0.05) is 24.1 Å². The molecule has 0 aliphatic carbocycles. The SMILES string of the molecule is CNC(=O)NC(=O)[C@@H](OC(=O)c1ccc(C2SCCS2)cc1)c1ccccc1. The van der Waals surface area contributed by atoms with Gasteiger partial charge in [-0.15, -0.1) is 23.5 Å². The van der Waals surface area contributed by atoms with Gasteiger partial charge in [-0.3, -0.25) is 10.1 Å². The molecule has 1 fully saturated rings. The van der Waals surface area contributed by atoms with Gasteiger partial charge in [0.1, 0.15) is 0 Å². The van der Waals surface area contributed by atoms with E-state index in [1.54, 1.807) is 42.5 Å². The maximum Gasteiger partial charge on any atom is 0.339 e. The van der Waals surface area contributed by atoms with Crippen LogP contribution >= 0.6 is 23.5 Å². The molecular formula is C20H20N2O4S2. The summed E-state index contributed by atoms with van der Waals surface area (Å²) in [5.74, 6) is 0.907. The Kier molecular flexibility index (Phi) is 7.00. The number of amides is 3. The summed E-state index contributed by atoms with van der Waals surface area (Å²) in [4.78, 5) is 36.6. The van der Waals surface area contributed by atoms with Crippen molar-refractivity contribution in [3.63, 3.8) is 0 Å². The minimum absolute atomic E-state index is 0.352. The Labute approximate surface area is 171 Å². The molecule has 146 valence electrons. The molecule has 0 spiro atoms. The van der Waals surface area contributed by atoms with Crippen molar-refractivity contribution in [2.24, 2.45) is 0 Å². The molecule has 0 saturated carbocycles. The first-order valence-corrected chi connectivity index (χ1v) is 10.8. The van der Waals surface area contributed by atoms with Crippen LogP contribution in [0.1, 0.15) is 32.2 Å². The van der Waals surface area contributed by atoms with Crippen molar-refractivity contribution in [1.29, 1.82) is 0 Å². The number of ether oxygens (including phenoxy) is 1. The van der Waals surface area contributed by atoms with Crippen LogP contribution in [-0.2, 0) is 9.53 Å². The fourth-order valence-electron chi connectivity index (χ4n) is 2.64. The van der Waals surface area contributed by atoms with E-state index < -0.39 is 24.0 Å². The lowest BCUT2D eigenvalue weighted by Crippen LogP contribution is -2.41. The van der Waals surface area contributed by atoms with Crippen LogP contribution in [0.4, 0.5) is 4.79 Å². The van der Waals surface area contributed by atoms with Gasteiger partial charge in [-0.2, -0.15) is 0 Å². The second-order valence-electron chi connectivity index (χ2n) is 5.96. The molecule has 1 heterocycles. The first kappa shape index (κ1) is 20.3. The molecule has 6 nitrogen and oxygen atoms in total. The molecule has 0 aromatic heterocycles. The van der Waals surface area contributed by atoms with E-state index in [2.05, 4.69) is 10.6 Å². The molecule has 1 aliphatic rings. The molecule has 3 amide bonds. The Morgan fingerprint density at radius 3 is 2.25 bits per heavy atom. The Bertz CT molecular complexity index is 837. The van der Waals surface area contributed by atoms with Crippen LogP contribution in [0.3, 0.4) is 0 Å². The van der Waals surface area contributed by atoms with Crippen molar-refractivity contribution in [3.05, 3.63) is 71.3 Å². The van der Waals surface area contributed by atoms with Gasteiger partial charge in [0.25, 0.3) is 5.91 Å². The van der Waals surface area contributed by atoms with Crippen LogP contribution < -0.4 is 10.6 Å². The van der Waals surface area contributed by atoms with Crippen LogP contribution in [-0.4, -0.2) is 36.5 Å². The number of thioether (sulfide) groups is 2. The fourth-order valence-corrected chi connectivity index (χ4v) is 5.50. The zero-order valence-corrected chi connectivity index (χ0v) is 16.8. The minimum atomic E-state index is -1.23. The Morgan fingerprint density at radius 2 is 1.64 bits per heavy atom.